The molecule has 9 heteroatoms. The van der Waals surface area contributed by atoms with Crippen LogP contribution in [0.15, 0.2) is 40.9 Å². The molecule has 1 N–H and O–H groups in total. The minimum atomic E-state index is -0.552. The normalized spacial score (nSPS) is 10.7. The highest BCUT2D eigenvalue weighted by molar-refractivity contribution is 7.17. The molecule has 3 aromatic heterocycles. The molecule has 140 valence electrons. The third-order valence-corrected chi connectivity index (χ3v) is 4.64. The van der Waals surface area contributed by atoms with Crippen LogP contribution in [0.25, 0.3) is 10.2 Å². The molecule has 0 spiro atoms. The largest absolute Gasteiger partial charge is 0.462 e. The average molecular weight is 386 g/mol. The summed E-state index contributed by atoms with van der Waals surface area (Å²) in [6.45, 7) is 2.05. The van der Waals surface area contributed by atoms with Crippen molar-refractivity contribution >= 4 is 39.2 Å². The Morgan fingerprint density at radius 2 is 2.15 bits per heavy atom. The molecule has 0 unspecified atom stereocenters. The molecule has 0 radical (unpaired) electrons. The second-order valence-electron chi connectivity index (χ2n) is 5.76. The van der Waals surface area contributed by atoms with Crippen molar-refractivity contribution in [1.29, 1.82) is 0 Å². The molecular formula is C18H18N4O4S. The zero-order chi connectivity index (χ0) is 19.2. The van der Waals surface area contributed by atoms with E-state index < -0.39 is 17.4 Å². The van der Waals surface area contributed by atoms with Crippen LogP contribution in [0.5, 0.6) is 0 Å². The second kappa shape index (κ2) is 8.54. The SMILES string of the molecule is CCCCOC(=O)c1csc2ncn(CC(=O)Nc3ccccn3)c(=O)c12. The van der Waals surface area contributed by atoms with Gasteiger partial charge in [-0.25, -0.2) is 14.8 Å². The van der Waals surface area contributed by atoms with Crippen LogP contribution in [0.2, 0.25) is 0 Å². The molecule has 0 saturated carbocycles. The lowest BCUT2D eigenvalue weighted by molar-refractivity contribution is -0.116. The molecular weight excluding hydrogens is 368 g/mol. The van der Waals surface area contributed by atoms with Gasteiger partial charge >= 0.3 is 5.97 Å². The molecule has 3 rings (SSSR count). The van der Waals surface area contributed by atoms with Gasteiger partial charge in [-0.1, -0.05) is 19.4 Å². The molecule has 3 heterocycles. The quantitative estimate of drug-likeness (QED) is 0.494. The Bertz CT molecular complexity index is 1010. The summed E-state index contributed by atoms with van der Waals surface area (Å²) >= 11 is 1.19. The van der Waals surface area contributed by atoms with Crippen LogP contribution in [-0.2, 0) is 16.1 Å². The maximum absolute atomic E-state index is 12.8. The lowest BCUT2D eigenvalue weighted by Gasteiger charge is -2.07. The van der Waals surface area contributed by atoms with E-state index in [2.05, 4.69) is 15.3 Å². The van der Waals surface area contributed by atoms with E-state index in [-0.39, 0.29) is 17.5 Å². The summed E-state index contributed by atoms with van der Waals surface area (Å²) < 4.78 is 6.36. The third-order valence-electron chi connectivity index (χ3n) is 3.76. The molecule has 0 aromatic carbocycles. The molecule has 0 atom stereocenters. The van der Waals surface area contributed by atoms with E-state index in [4.69, 9.17) is 4.74 Å². The van der Waals surface area contributed by atoms with E-state index in [1.165, 1.54) is 17.7 Å². The topological polar surface area (TPSA) is 103 Å². The summed E-state index contributed by atoms with van der Waals surface area (Å²) in [5, 5.41) is 4.34. The number of fused-ring (bicyclic) bond motifs is 1. The van der Waals surface area contributed by atoms with Gasteiger partial charge in [0.05, 0.1) is 23.9 Å². The smallest absolute Gasteiger partial charge is 0.339 e. The highest BCUT2D eigenvalue weighted by Crippen LogP contribution is 2.21. The summed E-state index contributed by atoms with van der Waals surface area (Å²) in [6.07, 6.45) is 4.50. The van der Waals surface area contributed by atoms with Gasteiger partial charge in [0.15, 0.2) is 0 Å². The summed E-state index contributed by atoms with van der Waals surface area (Å²) in [7, 11) is 0. The summed E-state index contributed by atoms with van der Waals surface area (Å²) in [4.78, 5) is 45.8. The Hall–Kier alpha value is -3.07. The van der Waals surface area contributed by atoms with Gasteiger partial charge in [-0.3, -0.25) is 14.2 Å². The second-order valence-corrected chi connectivity index (χ2v) is 6.62. The van der Waals surface area contributed by atoms with Crippen molar-refractivity contribution in [3.05, 3.63) is 52.0 Å². The fraction of sp³-hybridized carbons (Fsp3) is 0.278. The minimum absolute atomic E-state index is 0.176. The molecule has 0 saturated heterocycles. The van der Waals surface area contributed by atoms with Gasteiger partial charge in [0, 0.05) is 11.6 Å². The number of amides is 1. The maximum Gasteiger partial charge on any atom is 0.339 e. The number of aromatic nitrogens is 3. The van der Waals surface area contributed by atoms with Crippen molar-refractivity contribution in [2.24, 2.45) is 0 Å². The van der Waals surface area contributed by atoms with Crippen LogP contribution in [-0.4, -0.2) is 33.0 Å². The molecule has 3 aromatic rings. The van der Waals surface area contributed by atoms with Crippen LogP contribution >= 0.6 is 11.3 Å². The summed E-state index contributed by atoms with van der Waals surface area (Å²) in [6, 6.07) is 5.12. The number of rotatable bonds is 7. The van der Waals surface area contributed by atoms with Gasteiger partial charge in [-0.2, -0.15) is 0 Å². The molecule has 8 nitrogen and oxygen atoms in total. The zero-order valence-electron chi connectivity index (χ0n) is 14.7. The number of ether oxygens (including phenoxy) is 1. The first-order valence-electron chi connectivity index (χ1n) is 8.44. The predicted molar refractivity (Wildman–Crippen MR) is 102 cm³/mol. The van der Waals surface area contributed by atoms with E-state index >= 15 is 0 Å². The molecule has 0 aliphatic carbocycles. The van der Waals surface area contributed by atoms with Gasteiger partial charge in [-0.05, 0) is 18.6 Å². The molecule has 0 bridgehead atoms. The number of carbonyl (C=O) groups excluding carboxylic acids is 2. The zero-order valence-corrected chi connectivity index (χ0v) is 15.5. The van der Waals surface area contributed by atoms with Gasteiger partial charge in [0.25, 0.3) is 5.56 Å². The van der Waals surface area contributed by atoms with Crippen molar-refractivity contribution in [2.45, 2.75) is 26.3 Å². The van der Waals surface area contributed by atoms with Crippen molar-refractivity contribution in [2.75, 3.05) is 11.9 Å². The molecule has 0 aliphatic heterocycles. The molecule has 0 aliphatic rings. The van der Waals surface area contributed by atoms with Crippen molar-refractivity contribution in [3.63, 3.8) is 0 Å². The number of hydrogen-bond acceptors (Lipinski definition) is 7. The maximum atomic E-state index is 12.8. The fourth-order valence-corrected chi connectivity index (χ4v) is 3.26. The Labute approximate surface area is 158 Å². The van der Waals surface area contributed by atoms with Crippen molar-refractivity contribution in [3.8, 4) is 0 Å². The van der Waals surface area contributed by atoms with Crippen molar-refractivity contribution < 1.29 is 14.3 Å². The van der Waals surface area contributed by atoms with E-state index in [1.54, 1.807) is 29.8 Å². The van der Waals surface area contributed by atoms with E-state index in [0.29, 0.717) is 17.3 Å². The Kier molecular flexibility index (Phi) is 5.92. The van der Waals surface area contributed by atoms with Gasteiger partial charge in [-0.15, -0.1) is 11.3 Å². The van der Waals surface area contributed by atoms with E-state index in [9.17, 15) is 14.4 Å². The van der Waals surface area contributed by atoms with Crippen LogP contribution in [0.4, 0.5) is 5.82 Å². The standard InChI is InChI=1S/C18H18N4O4S/c1-2-3-8-26-18(25)12-10-27-16-15(12)17(24)22(11-20-16)9-14(23)21-13-6-4-5-7-19-13/h4-7,10-11H,2-3,8-9H2,1H3,(H,19,21,23). The summed E-state index contributed by atoms with van der Waals surface area (Å²) in [5.41, 5.74) is -0.275. The van der Waals surface area contributed by atoms with Gasteiger partial charge in [0.2, 0.25) is 5.91 Å². The van der Waals surface area contributed by atoms with Crippen LogP contribution in [0.1, 0.15) is 30.1 Å². The highest BCUT2D eigenvalue weighted by atomic mass is 32.1. The summed E-state index contributed by atoms with van der Waals surface area (Å²) in [5.74, 6) is -0.580. The Morgan fingerprint density at radius 3 is 2.89 bits per heavy atom. The number of hydrogen-bond donors (Lipinski definition) is 1. The van der Waals surface area contributed by atoms with E-state index in [1.807, 2.05) is 6.92 Å². The predicted octanol–water partition coefficient (Wildman–Crippen LogP) is 2.45. The first-order valence-corrected chi connectivity index (χ1v) is 9.32. The van der Waals surface area contributed by atoms with E-state index in [0.717, 1.165) is 17.4 Å². The average Bonchev–Trinajstić information content (AvgIpc) is 3.10. The number of nitrogens with one attached hydrogen (secondary N) is 1. The number of unbranched alkanes of at least 4 members (excludes halogenated alkanes) is 1. The number of thiophene rings is 1. The lowest BCUT2D eigenvalue weighted by atomic mass is 10.2. The van der Waals surface area contributed by atoms with Gasteiger partial charge < -0.3 is 10.1 Å². The fourth-order valence-electron chi connectivity index (χ4n) is 2.39. The van der Waals surface area contributed by atoms with Crippen LogP contribution in [0.3, 0.4) is 0 Å². The number of carbonyl (C=O) groups is 2. The monoisotopic (exact) mass is 386 g/mol. The molecule has 0 fully saturated rings. The third kappa shape index (κ3) is 4.37. The molecule has 27 heavy (non-hydrogen) atoms. The lowest BCUT2D eigenvalue weighted by Crippen LogP contribution is -2.28. The van der Waals surface area contributed by atoms with Crippen molar-refractivity contribution in [1.82, 2.24) is 14.5 Å². The highest BCUT2D eigenvalue weighted by Gasteiger charge is 2.19. The molecule has 1 amide bonds. The van der Waals surface area contributed by atoms with Crippen LogP contribution < -0.4 is 10.9 Å². The Morgan fingerprint density at radius 1 is 1.30 bits per heavy atom. The number of pyridine rings is 1. The number of nitrogens with zero attached hydrogens (tertiary/aromatic N) is 3. The minimum Gasteiger partial charge on any atom is -0.462 e. The number of anilines is 1. The van der Waals surface area contributed by atoms with Crippen LogP contribution in [0, 0.1) is 0 Å². The number of esters is 1. The Balaban J connectivity index is 1.82. The van der Waals surface area contributed by atoms with Gasteiger partial charge in [0.1, 0.15) is 17.2 Å². The first-order chi connectivity index (χ1) is 13.1. The first kappa shape index (κ1) is 18.7.